The maximum absolute atomic E-state index is 12.3. The van der Waals surface area contributed by atoms with Crippen LogP contribution in [0.1, 0.15) is 16.7 Å². The van der Waals surface area contributed by atoms with Crippen molar-refractivity contribution >= 4 is 23.5 Å². The number of hydrogen-bond donors (Lipinski definition) is 1. The van der Waals surface area contributed by atoms with E-state index >= 15 is 0 Å². The number of aromatic hydroxyl groups is 1. The summed E-state index contributed by atoms with van der Waals surface area (Å²) in [6, 6.07) is 6.81. The van der Waals surface area contributed by atoms with Crippen LogP contribution in [-0.4, -0.2) is 23.0 Å². The smallest absolute Gasteiger partial charge is 0.271 e. The first-order valence-electron chi connectivity index (χ1n) is 7.29. The van der Waals surface area contributed by atoms with Gasteiger partial charge in [-0.15, -0.1) is 6.58 Å². The highest BCUT2D eigenvalue weighted by atomic mass is 35.5. The van der Waals surface area contributed by atoms with Gasteiger partial charge in [0.1, 0.15) is 23.1 Å². The first kappa shape index (κ1) is 18.3. The van der Waals surface area contributed by atoms with Crippen molar-refractivity contribution in [3.05, 3.63) is 62.9 Å². The summed E-state index contributed by atoms with van der Waals surface area (Å²) in [5.41, 5.74) is 0.429. The van der Waals surface area contributed by atoms with Crippen molar-refractivity contribution in [3.8, 4) is 17.7 Å². The third kappa shape index (κ3) is 3.57. The van der Waals surface area contributed by atoms with E-state index < -0.39 is 5.56 Å². The van der Waals surface area contributed by atoms with Crippen LogP contribution >= 0.6 is 11.6 Å². The summed E-state index contributed by atoms with van der Waals surface area (Å²) in [7, 11) is 1.50. The van der Waals surface area contributed by atoms with Gasteiger partial charge in [0.25, 0.3) is 5.56 Å². The lowest BCUT2D eigenvalue weighted by atomic mass is 10.1. The number of halogens is 1. The number of allylic oxidation sites excluding steroid dienone is 1. The Kier molecular flexibility index (Phi) is 5.63. The van der Waals surface area contributed by atoms with E-state index in [9.17, 15) is 15.2 Å². The number of hydrogen-bond acceptors (Lipinski definition) is 5. The highest BCUT2D eigenvalue weighted by molar-refractivity contribution is 6.30. The number of benzene rings is 1. The van der Waals surface area contributed by atoms with E-state index in [4.69, 9.17) is 16.3 Å². The molecule has 0 fully saturated rings. The van der Waals surface area contributed by atoms with Crippen LogP contribution < -0.4 is 10.3 Å². The summed E-state index contributed by atoms with van der Waals surface area (Å²) >= 11 is 5.97. The minimum absolute atomic E-state index is 0.0563. The van der Waals surface area contributed by atoms with E-state index in [-0.39, 0.29) is 23.6 Å². The molecule has 0 aliphatic rings. The fourth-order valence-corrected chi connectivity index (χ4v) is 2.49. The Bertz CT molecular complexity index is 956. The Labute approximate surface area is 149 Å². The van der Waals surface area contributed by atoms with Gasteiger partial charge in [-0.1, -0.05) is 17.7 Å². The molecule has 1 aromatic heterocycles. The van der Waals surface area contributed by atoms with E-state index in [2.05, 4.69) is 11.6 Å². The predicted octanol–water partition coefficient (Wildman–Crippen LogP) is 3.33. The lowest BCUT2D eigenvalue weighted by Crippen LogP contribution is -2.24. The van der Waals surface area contributed by atoms with Crippen LogP contribution in [0.2, 0.25) is 5.02 Å². The van der Waals surface area contributed by atoms with Gasteiger partial charge in [0, 0.05) is 17.8 Å². The van der Waals surface area contributed by atoms with E-state index in [1.54, 1.807) is 25.1 Å². The second kappa shape index (κ2) is 7.69. The molecule has 0 aliphatic carbocycles. The maximum atomic E-state index is 12.3. The van der Waals surface area contributed by atoms with Gasteiger partial charge in [-0.3, -0.25) is 14.4 Å². The fourth-order valence-electron chi connectivity index (χ4n) is 2.32. The van der Waals surface area contributed by atoms with Crippen molar-refractivity contribution < 1.29 is 9.84 Å². The van der Waals surface area contributed by atoms with E-state index in [0.717, 1.165) is 4.57 Å². The fraction of sp³-hybridized carbons (Fsp3) is 0.167. The monoisotopic (exact) mass is 357 g/mol. The maximum Gasteiger partial charge on any atom is 0.271 e. The molecule has 1 N–H and O–H groups in total. The molecular formula is C18H16ClN3O3. The molecule has 0 amide bonds. The summed E-state index contributed by atoms with van der Waals surface area (Å²) in [4.78, 5) is 16.5. The van der Waals surface area contributed by atoms with Crippen LogP contribution in [0, 0.1) is 18.3 Å². The summed E-state index contributed by atoms with van der Waals surface area (Å²) in [5.74, 6) is 0.212. The molecule has 7 heteroatoms. The SMILES string of the molecule is C=CCn1c(O)c(C=Nc2cc(Cl)ccc2OC)c(C)c(C#N)c1=O. The summed E-state index contributed by atoms with van der Waals surface area (Å²) in [6.07, 6.45) is 2.83. The lowest BCUT2D eigenvalue weighted by Gasteiger charge is -2.12. The second-order valence-electron chi connectivity index (χ2n) is 5.13. The largest absolute Gasteiger partial charge is 0.494 e. The lowest BCUT2D eigenvalue weighted by molar-refractivity contribution is 0.414. The molecule has 2 rings (SSSR count). The molecule has 128 valence electrons. The molecule has 0 unspecified atom stereocenters. The van der Waals surface area contributed by atoms with Crippen LogP contribution in [0.3, 0.4) is 0 Å². The van der Waals surface area contributed by atoms with Gasteiger partial charge >= 0.3 is 0 Å². The van der Waals surface area contributed by atoms with Gasteiger partial charge in [-0.2, -0.15) is 5.26 Å². The van der Waals surface area contributed by atoms with Crippen LogP contribution in [0.15, 0.2) is 40.6 Å². The van der Waals surface area contributed by atoms with Crippen molar-refractivity contribution in [2.45, 2.75) is 13.5 Å². The zero-order valence-corrected chi connectivity index (χ0v) is 14.5. The van der Waals surface area contributed by atoms with Crippen LogP contribution in [-0.2, 0) is 6.54 Å². The van der Waals surface area contributed by atoms with Crippen molar-refractivity contribution in [1.82, 2.24) is 4.57 Å². The Hall–Kier alpha value is -3.04. The first-order valence-corrected chi connectivity index (χ1v) is 7.67. The second-order valence-corrected chi connectivity index (χ2v) is 5.56. The minimum Gasteiger partial charge on any atom is -0.494 e. The number of nitrogens with zero attached hydrogens (tertiary/aromatic N) is 3. The van der Waals surface area contributed by atoms with E-state index in [1.165, 1.54) is 19.4 Å². The number of ether oxygens (including phenoxy) is 1. The van der Waals surface area contributed by atoms with Crippen molar-refractivity contribution in [1.29, 1.82) is 5.26 Å². The molecule has 0 spiro atoms. The standard InChI is InChI=1S/C18H16ClN3O3/c1-4-7-22-17(23)13(9-20)11(2)14(18(22)24)10-21-15-8-12(19)5-6-16(15)25-3/h4-6,8,10,24H,1,7H2,2-3H3. The highest BCUT2D eigenvalue weighted by Crippen LogP contribution is 2.31. The molecule has 1 heterocycles. The molecule has 0 atom stereocenters. The molecule has 0 saturated carbocycles. The zero-order chi connectivity index (χ0) is 18.6. The van der Waals surface area contributed by atoms with Crippen LogP contribution in [0.5, 0.6) is 11.6 Å². The van der Waals surface area contributed by atoms with Gasteiger partial charge in [-0.05, 0) is 30.7 Å². The first-order chi connectivity index (χ1) is 11.9. The van der Waals surface area contributed by atoms with Crippen molar-refractivity contribution in [2.75, 3.05) is 7.11 Å². The molecule has 0 aliphatic heterocycles. The van der Waals surface area contributed by atoms with Gasteiger partial charge in [0.2, 0.25) is 5.88 Å². The Morgan fingerprint density at radius 3 is 2.84 bits per heavy atom. The molecule has 0 saturated heterocycles. The third-order valence-electron chi connectivity index (χ3n) is 3.63. The van der Waals surface area contributed by atoms with E-state index in [0.29, 0.717) is 22.0 Å². The number of rotatable bonds is 5. The van der Waals surface area contributed by atoms with Gasteiger partial charge in [-0.25, -0.2) is 0 Å². The number of aliphatic imine (C=N–C) groups is 1. The minimum atomic E-state index is -0.574. The number of pyridine rings is 1. The molecule has 1 aromatic carbocycles. The average molecular weight is 358 g/mol. The van der Waals surface area contributed by atoms with Gasteiger partial charge < -0.3 is 9.84 Å². The van der Waals surface area contributed by atoms with Crippen LogP contribution in [0.4, 0.5) is 5.69 Å². The third-order valence-corrected chi connectivity index (χ3v) is 3.87. The molecule has 2 aromatic rings. The highest BCUT2D eigenvalue weighted by Gasteiger charge is 2.17. The summed E-state index contributed by atoms with van der Waals surface area (Å²) in [5, 5.41) is 20.2. The Morgan fingerprint density at radius 2 is 2.24 bits per heavy atom. The summed E-state index contributed by atoms with van der Waals surface area (Å²) < 4.78 is 6.28. The molecule has 6 nitrogen and oxygen atoms in total. The number of methoxy groups -OCH3 is 1. The average Bonchev–Trinajstić information content (AvgIpc) is 2.59. The van der Waals surface area contributed by atoms with Crippen LogP contribution in [0.25, 0.3) is 0 Å². The Balaban J connectivity index is 2.66. The van der Waals surface area contributed by atoms with Crippen molar-refractivity contribution in [3.63, 3.8) is 0 Å². The Morgan fingerprint density at radius 1 is 1.52 bits per heavy atom. The molecular weight excluding hydrogens is 342 g/mol. The predicted molar refractivity (Wildman–Crippen MR) is 97.3 cm³/mol. The van der Waals surface area contributed by atoms with Gasteiger partial charge in [0.05, 0.1) is 12.7 Å². The summed E-state index contributed by atoms with van der Waals surface area (Å²) in [6.45, 7) is 5.20. The number of aromatic nitrogens is 1. The topological polar surface area (TPSA) is 87.6 Å². The van der Waals surface area contributed by atoms with Gasteiger partial charge in [0.15, 0.2) is 0 Å². The number of nitriles is 1. The van der Waals surface area contributed by atoms with E-state index in [1.807, 2.05) is 6.07 Å². The normalized spacial score (nSPS) is 10.6. The molecule has 0 bridgehead atoms. The molecule has 0 radical (unpaired) electrons. The zero-order valence-electron chi connectivity index (χ0n) is 13.8. The quantitative estimate of drug-likeness (QED) is 0.656. The molecule has 25 heavy (non-hydrogen) atoms. The van der Waals surface area contributed by atoms with Crippen molar-refractivity contribution in [2.24, 2.45) is 4.99 Å².